The smallest absolute Gasteiger partial charge is 0.123 e. The van der Waals surface area contributed by atoms with Gasteiger partial charge in [0.15, 0.2) is 0 Å². The van der Waals surface area contributed by atoms with E-state index >= 15 is 0 Å². The molecule has 2 nitrogen and oxygen atoms in total. The average molecular weight is 230 g/mol. The van der Waals surface area contributed by atoms with Crippen molar-refractivity contribution in [1.82, 2.24) is 10.3 Å². The molecular weight excluding hydrogens is 215 g/mol. The molecule has 1 aromatic heterocycles. The fraction of sp³-hybridized carbons (Fsp3) is 0.214. The Balaban J connectivity index is 2.32. The molecule has 3 heteroatoms. The van der Waals surface area contributed by atoms with E-state index in [4.69, 9.17) is 0 Å². The van der Waals surface area contributed by atoms with Gasteiger partial charge in [-0.1, -0.05) is 18.2 Å². The molecule has 0 aliphatic heterocycles. The van der Waals surface area contributed by atoms with Crippen molar-refractivity contribution < 1.29 is 4.39 Å². The number of pyridine rings is 1. The van der Waals surface area contributed by atoms with Crippen LogP contribution in [0.3, 0.4) is 0 Å². The zero-order valence-electron chi connectivity index (χ0n) is 9.73. The molecule has 0 amide bonds. The van der Waals surface area contributed by atoms with Crippen molar-refractivity contribution in [3.05, 3.63) is 65.7 Å². The van der Waals surface area contributed by atoms with Crippen LogP contribution in [0.5, 0.6) is 0 Å². The average Bonchev–Trinajstić information content (AvgIpc) is 2.38. The van der Waals surface area contributed by atoms with E-state index in [9.17, 15) is 4.39 Å². The minimum atomic E-state index is -0.210. The highest BCUT2D eigenvalue weighted by Crippen LogP contribution is 2.22. The number of likely N-dealkylation sites (N-methyl/N-ethyl adjacent to an activating group) is 1. The third-order valence-electron chi connectivity index (χ3n) is 2.73. The lowest BCUT2D eigenvalue weighted by atomic mass is 9.95. The lowest BCUT2D eigenvalue weighted by Gasteiger charge is -2.16. The summed E-state index contributed by atoms with van der Waals surface area (Å²) in [5.74, 6) is -0.0558. The second-order valence-electron chi connectivity index (χ2n) is 3.92. The van der Waals surface area contributed by atoms with Crippen molar-refractivity contribution >= 4 is 0 Å². The first-order valence-electron chi connectivity index (χ1n) is 5.62. The van der Waals surface area contributed by atoms with Gasteiger partial charge in [-0.2, -0.15) is 0 Å². The molecule has 0 aliphatic rings. The van der Waals surface area contributed by atoms with Crippen molar-refractivity contribution in [1.29, 1.82) is 0 Å². The van der Waals surface area contributed by atoms with Crippen LogP contribution in [0.2, 0.25) is 0 Å². The van der Waals surface area contributed by atoms with Gasteiger partial charge in [0.25, 0.3) is 0 Å². The van der Waals surface area contributed by atoms with Gasteiger partial charge in [-0.3, -0.25) is 4.98 Å². The Labute approximate surface area is 101 Å². The molecule has 1 unspecified atom stereocenters. The summed E-state index contributed by atoms with van der Waals surface area (Å²) in [5.41, 5.74) is 2.06. The molecule has 0 aliphatic carbocycles. The fourth-order valence-corrected chi connectivity index (χ4v) is 1.87. The Bertz CT molecular complexity index is 453. The Morgan fingerprint density at radius 1 is 1.18 bits per heavy atom. The molecule has 1 N–H and O–H groups in total. The predicted octanol–water partition coefficient (Wildman–Crippen LogP) is 2.57. The molecule has 0 spiro atoms. The number of aromatic nitrogens is 1. The number of rotatable bonds is 4. The SMILES string of the molecule is CNCC(c1ccc(F)cc1)c1ccccn1. The topological polar surface area (TPSA) is 24.9 Å². The molecule has 0 bridgehead atoms. The van der Waals surface area contributed by atoms with Crippen molar-refractivity contribution in [3.8, 4) is 0 Å². The zero-order valence-corrected chi connectivity index (χ0v) is 9.73. The van der Waals surface area contributed by atoms with E-state index in [-0.39, 0.29) is 11.7 Å². The third-order valence-corrected chi connectivity index (χ3v) is 2.73. The fourth-order valence-electron chi connectivity index (χ4n) is 1.87. The van der Waals surface area contributed by atoms with Gasteiger partial charge in [0.05, 0.1) is 0 Å². The van der Waals surface area contributed by atoms with E-state index in [1.165, 1.54) is 12.1 Å². The monoisotopic (exact) mass is 230 g/mol. The molecule has 0 radical (unpaired) electrons. The second kappa shape index (κ2) is 5.55. The van der Waals surface area contributed by atoms with Gasteiger partial charge >= 0.3 is 0 Å². The molecule has 1 aromatic carbocycles. The standard InChI is InChI=1S/C14H15FN2/c1-16-10-13(14-4-2-3-9-17-14)11-5-7-12(15)8-6-11/h2-9,13,16H,10H2,1H3. The highest BCUT2D eigenvalue weighted by molar-refractivity contribution is 5.29. The summed E-state index contributed by atoms with van der Waals surface area (Å²) >= 11 is 0. The van der Waals surface area contributed by atoms with Crippen LogP contribution >= 0.6 is 0 Å². The number of halogens is 1. The molecule has 0 fully saturated rings. The quantitative estimate of drug-likeness (QED) is 0.873. The number of nitrogens with zero attached hydrogens (tertiary/aromatic N) is 1. The molecule has 17 heavy (non-hydrogen) atoms. The predicted molar refractivity (Wildman–Crippen MR) is 66.4 cm³/mol. The lowest BCUT2D eigenvalue weighted by molar-refractivity contribution is 0.624. The summed E-state index contributed by atoms with van der Waals surface area (Å²) in [6.07, 6.45) is 1.78. The largest absolute Gasteiger partial charge is 0.319 e. The first-order valence-corrected chi connectivity index (χ1v) is 5.62. The van der Waals surface area contributed by atoms with Crippen LogP contribution in [0, 0.1) is 5.82 Å². The van der Waals surface area contributed by atoms with Crippen LogP contribution in [-0.4, -0.2) is 18.6 Å². The summed E-state index contributed by atoms with van der Waals surface area (Å²) in [7, 11) is 1.90. The number of hydrogen-bond acceptors (Lipinski definition) is 2. The van der Waals surface area contributed by atoms with Crippen LogP contribution in [0.1, 0.15) is 17.2 Å². The first-order chi connectivity index (χ1) is 8.31. The molecule has 0 saturated carbocycles. The first kappa shape index (κ1) is 11.7. The van der Waals surface area contributed by atoms with Crippen LogP contribution in [0.4, 0.5) is 4.39 Å². The third kappa shape index (κ3) is 2.88. The molecule has 1 heterocycles. The lowest BCUT2D eigenvalue weighted by Crippen LogP contribution is -2.19. The van der Waals surface area contributed by atoms with E-state index in [0.29, 0.717) is 0 Å². The van der Waals surface area contributed by atoms with Gasteiger partial charge in [0.1, 0.15) is 5.82 Å². The van der Waals surface area contributed by atoms with E-state index in [1.807, 2.05) is 37.4 Å². The summed E-state index contributed by atoms with van der Waals surface area (Å²) in [5, 5.41) is 3.15. The summed E-state index contributed by atoms with van der Waals surface area (Å²) in [6, 6.07) is 12.4. The minimum Gasteiger partial charge on any atom is -0.319 e. The maximum absolute atomic E-state index is 12.9. The minimum absolute atomic E-state index is 0.154. The van der Waals surface area contributed by atoms with Gasteiger partial charge in [0, 0.05) is 24.4 Å². The van der Waals surface area contributed by atoms with Crippen LogP contribution in [0.25, 0.3) is 0 Å². The molecular formula is C14H15FN2. The van der Waals surface area contributed by atoms with E-state index in [1.54, 1.807) is 6.20 Å². The van der Waals surface area contributed by atoms with Crippen molar-refractivity contribution in [2.75, 3.05) is 13.6 Å². The van der Waals surface area contributed by atoms with E-state index < -0.39 is 0 Å². The van der Waals surface area contributed by atoms with Gasteiger partial charge in [0.2, 0.25) is 0 Å². The van der Waals surface area contributed by atoms with Crippen LogP contribution < -0.4 is 5.32 Å². The summed E-state index contributed by atoms with van der Waals surface area (Å²) in [6.45, 7) is 0.780. The van der Waals surface area contributed by atoms with E-state index in [0.717, 1.165) is 17.8 Å². The number of benzene rings is 1. The molecule has 88 valence electrons. The van der Waals surface area contributed by atoms with Gasteiger partial charge in [-0.25, -0.2) is 4.39 Å². The zero-order chi connectivity index (χ0) is 12.1. The maximum atomic E-state index is 12.9. The number of nitrogens with one attached hydrogen (secondary N) is 1. The Morgan fingerprint density at radius 3 is 2.53 bits per heavy atom. The van der Waals surface area contributed by atoms with Gasteiger partial charge in [-0.15, -0.1) is 0 Å². The van der Waals surface area contributed by atoms with Crippen LogP contribution in [-0.2, 0) is 0 Å². The summed E-state index contributed by atoms with van der Waals surface area (Å²) < 4.78 is 12.9. The molecule has 2 rings (SSSR count). The van der Waals surface area contributed by atoms with Crippen molar-refractivity contribution in [2.45, 2.75) is 5.92 Å². The Morgan fingerprint density at radius 2 is 1.94 bits per heavy atom. The highest BCUT2D eigenvalue weighted by Gasteiger charge is 2.14. The van der Waals surface area contributed by atoms with Crippen molar-refractivity contribution in [2.24, 2.45) is 0 Å². The molecule has 0 saturated heterocycles. The van der Waals surface area contributed by atoms with Crippen molar-refractivity contribution in [3.63, 3.8) is 0 Å². The number of hydrogen-bond donors (Lipinski definition) is 1. The van der Waals surface area contributed by atoms with Gasteiger partial charge < -0.3 is 5.32 Å². The Hall–Kier alpha value is -1.74. The normalized spacial score (nSPS) is 12.4. The summed E-state index contributed by atoms with van der Waals surface area (Å²) in [4.78, 5) is 4.36. The molecule has 2 aromatic rings. The van der Waals surface area contributed by atoms with E-state index in [2.05, 4.69) is 10.3 Å². The Kier molecular flexibility index (Phi) is 3.83. The molecule has 1 atom stereocenters. The maximum Gasteiger partial charge on any atom is 0.123 e. The second-order valence-corrected chi connectivity index (χ2v) is 3.92. The highest BCUT2D eigenvalue weighted by atomic mass is 19.1. The van der Waals surface area contributed by atoms with Crippen LogP contribution in [0.15, 0.2) is 48.7 Å². The van der Waals surface area contributed by atoms with Gasteiger partial charge in [-0.05, 0) is 36.9 Å².